The molecule has 0 saturated carbocycles. The summed E-state index contributed by atoms with van der Waals surface area (Å²) in [5.74, 6) is -0.136. The first-order valence-corrected chi connectivity index (χ1v) is 8.30. The second-order valence-corrected chi connectivity index (χ2v) is 7.29. The normalized spacial score (nSPS) is 12.9. The molecule has 1 aromatic carbocycles. The second kappa shape index (κ2) is 7.03. The number of carbonyl (C=O) groups is 1. The molecule has 1 unspecified atom stereocenters. The van der Waals surface area contributed by atoms with Gasteiger partial charge in [0.1, 0.15) is 5.69 Å². The maximum atomic E-state index is 12.5. The van der Waals surface area contributed by atoms with Crippen molar-refractivity contribution in [2.45, 2.75) is 33.2 Å². The monoisotopic (exact) mass is 317 g/mol. The van der Waals surface area contributed by atoms with Crippen molar-refractivity contribution in [3.05, 3.63) is 52.0 Å². The largest absolute Gasteiger partial charge is 0.343 e. The van der Waals surface area contributed by atoms with Gasteiger partial charge in [-0.3, -0.25) is 4.79 Å². The molecule has 0 fully saturated rings. The zero-order chi connectivity index (χ0) is 16.2. The minimum absolute atomic E-state index is 0.0686. The third-order valence-electron chi connectivity index (χ3n) is 3.42. The first-order valence-electron chi connectivity index (χ1n) is 7.42. The number of benzene rings is 1. The molecule has 0 bridgehead atoms. The molecule has 5 heteroatoms. The molecule has 0 spiro atoms. The van der Waals surface area contributed by atoms with Crippen molar-refractivity contribution in [1.29, 1.82) is 0 Å². The third kappa shape index (κ3) is 4.15. The Morgan fingerprint density at radius 3 is 2.59 bits per heavy atom. The highest BCUT2D eigenvalue weighted by molar-refractivity contribution is 7.09. The Kier molecular flexibility index (Phi) is 5.32. The van der Waals surface area contributed by atoms with Crippen LogP contribution in [0.2, 0.25) is 0 Å². The summed E-state index contributed by atoms with van der Waals surface area (Å²) in [6.45, 7) is 6.90. The number of nitrogens with two attached hydrogens (primary N) is 1. The molecule has 2 aromatic rings. The smallest absolute Gasteiger partial charge is 0.271 e. The van der Waals surface area contributed by atoms with Crippen LogP contribution in [0.4, 0.5) is 0 Å². The summed E-state index contributed by atoms with van der Waals surface area (Å²) < 4.78 is 0. The average molecular weight is 317 g/mol. The van der Waals surface area contributed by atoms with Gasteiger partial charge in [0, 0.05) is 11.8 Å². The molecule has 1 atom stereocenters. The molecule has 0 saturated heterocycles. The SMILES string of the molecule is CC(C)(C)C(NC(=O)c1csc(CCN)n1)c1ccccc1. The molecule has 1 heterocycles. The van der Waals surface area contributed by atoms with Gasteiger partial charge in [-0.05, 0) is 17.5 Å². The second-order valence-electron chi connectivity index (χ2n) is 6.35. The standard InChI is InChI=1S/C17H23N3OS/c1-17(2,3)15(12-7-5-4-6-8-12)20-16(21)13-11-22-14(19-13)9-10-18/h4-8,11,15H,9-10,18H2,1-3H3,(H,20,21). The number of thiazole rings is 1. The highest BCUT2D eigenvalue weighted by Gasteiger charge is 2.28. The van der Waals surface area contributed by atoms with E-state index in [-0.39, 0.29) is 17.4 Å². The zero-order valence-electron chi connectivity index (χ0n) is 13.3. The molecule has 1 amide bonds. The van der Waals surface area contributed by atoms with Crippen LogP contribution in [0, 0.1) is 5.41 Å². The topological polar surface area (TPSA) is 68.0 Å². The van der Waals surface area contributed by atoms with Gasteiger partial charge >= 0.3 is 0 Å². The van der Waals surface area contributed by atoms with Crippen molar-refractivity contribution in [1.82, 2.24) is 10.3 Å². The molecular formula is C17H23N3OS. The summed E-state index contributed by atoms with van der Waals surface area (Å²) in [5.41, 5.74) is 7.00. The van der Waals surface area contributed by atoms with Crippen LogP contribution in [0.5, 0.6) is 0 Å². The Balaban J connectivity index is 2.18. The van der Waals surface area contributed by atoms with Crippen LogP contribution in [0.25, 0.3) is 0 Å². The summed E-state index contributed by atoms with van der Waals surface area (Å²) >= 11 is 1.48. The fraction of sp³-hybridized carbons (Fsp3) is 0.412. The van der Waals surface area contributed by atoms with E-state index in [1.54, 1.807) is 5.38 Å². The minimum Gasteiger partial charge on any atom is -0.343 e. The van der Waals surface area contributed by atoms with Gasteiger partial charge in [0.15, 0.2) is 0 Å². The lowest BCUT2D eigenvalue weighted by Crippen LogP contribution is -2.36. The van der Waals surface area contributed by atoms with Gasteiger partial charge in [0.25, 0.3) is 5.91 Å². The van der Waals surface area contributed by atoms with Crippen molar-refractivity contribution in [3.63, 3.8) is 0 Å². The van der Waals surface area contributed by atoms with E-state index in [1.165, 1.54) is 11.3 Å². The van der Waals surface area contributed by atoms with Crippen LogP contribution in [0.3, 0.4) is 0 Å². The van der Waals surface area contributed by atoms with E-state index < -0.39 is 0 Å². The Labute approximate surface area is 135 Å². The fourth-order valence-corrected chi connectivity index (χ4v) is 3.10. The molecule has 0 radical (unpaired) electrons. The summed E-state index contributed by atoms with van der Waals surface area (Å²) in [7, 11) is 0. The van der Waals surface area contributed by atoms with Gasteiger partial charge in [-0.15, -0.1) is 11.3 Å². The third-order valence-corrected chi connectivity index (χ3v) is 4.33. The number of nitrogens with zero attached hydrogens (tertiary/aromatic N) is 1. The fourth-order valence-electron chi connectivity index (χ4n) is 2.30. The Morgan fingerprint density at radius 1 is 1.32 bits per heavy atom. The van der Waals surface area contributed by atoms with Crippen molar-refractivity contribution < 1.29 is 4.79 Å². The number of hydrogen-bond donors (Lipinski definition) is 2. The number of rotatable bonds is 5. The Bertz CT molecular complexity index is 616. The lowest BCUT2D eigenvalue weighted by Gasteiger charge is -2.31. The number of carbonyl (C=O) groups excluding carboxylic acids is 1. The van der Waals surface area contributed by atoms with Crippen LogP contribution in [-0.2, 0) is 6.42 Å². The minimum atomic E-state index is -0.136. The summed E-state index contributed by atoms with van der Waals surface area (Å²) in [5, 5.41) is 5.82. The van der Waals surface area contributed by atoms with Crippen LogP contribution in [-0.4, -0.2) is 17.4 Å². The summed E-state index contributed by atoms with van der Waals surface area (Å²) in [6, 6.07) is 9.96. The quantitative estimate of drug-likeness (QED) is 0.890. The number of hydrogen-bond acceptors (Lipinski definition) is 4. The lowest BCUT2D eigenvalue weighted by atomic mass is 9.82. The van der Waals surface area contributed by atoms with Crippen LogP contribution < -0.4 is 11.1 Å². The predicted octanol–water partition coefficient (Wildman–Crippen LogP) is 3.16. The molecule has 3 N–H and O–H groups in total. The van der Waals surface area contributed by atoms with Crippen molar-refractivity contribution in [2.75, 3.05) is 6.54 Å². The Hall–Kier alpha value is -1.72. The van der Waals surface area contributed by atoms with E-state index >= 15 is 0 Å². The van der Waals surface area contributed by atoms with Crippen molar-refractivity contribution in [3.8, 4) is 0 Å². The van der Waals surface area contributed by atoms with E-state index in [0.717, 1.165) is 10.6 Å². The molecule has 22 heavy (non-hydrogen) atoms. The zero-order valence-corrected chi connectivity index (χ0v) is 14.1. The molecule has 118 valence electrons. The molecule has 0 aliphatic carbocycles. The Morgan fingerprint density at radius 2 is 2.00 bits per heavy atom. The van der Waals surface area contributed by atoms with Gasteiger partial charge in [0.2, 0.25) is 0 Å². The molecule has 4 nitrogen and oxygen atoms in total. The van der Waals surface area contributed by atoms with Gasteiger partial charge in [-0.1, -0.05) is 51.1 Å². The maximum absolute atomic E-state index is 12.5. The van der Waals surface area contributed by atoms with Gasteiger partial charge in [-0.25, -0.2) is 4.98 Å². The average Bonchev–Trinajstić information content (AvgIpc) is 2.93. The van der Waals surface area contributed by atoms with Gasteiger partial charge in [0.05, 0.1) is 11.0 Å². The highest BCUT2D eigenvalue weighted by Crippen LogP contribution is 2.32. The molecule has 0 aliphatic rings. The van der Waals surface area contributed by atoms with E-state index in [2.05, 4.69) is 31.1 Å². The van der Waals surface area contributed by atoms with E-state index in [4.69, 9.17) is 5.73 Å². The maximum Gasteiger partial charge on any atom is 0.271 e. The number of nitrogens with one attached hydrogen (secondary N) is 1. The summed E-state index contributed by atoms with van der Waals surface area (Å²) in [6.07, 6.45) is 0.708. The lowest BCUT2D eigenvalue weighted by molar-refractivity contribution is 0.0897. The number of amides is 1. The highest BCUT2D eigenvalue weighted by atomic mass is 32.1. The van der Waals surface area contributed by atoms with Crippen LogP contribution in [0.15, 0.2) is 35.7 Å². The number of aromatic nitrogens is 1. The predicted molar refractivity (Wildman–Crippen MR) is 91.0 cm³/mol. The summed E-state index contributed by atoms with van der Waals surface area (Å²) in [4.78, 5) is 16.8. The van der Waals surface area contributed by atoms with Crippen molar-refractivity contribution >= 4 is 17.2 Å². The van der Waals surface area contributed by atoms with E-state index in [0.29, 0.717) is 18.7 Å². The van der Waals surface area contributed by atoms with Gasteiger partial charge < -0.3 is 11.1 Å². The van der Waals surface area contributed by atoms with Crippen molar-refractivity contribution in [2.24, 2.45) is 11.1 Å². The molecule has 1 aromatic heterocycles. The van der Waals surface area contributed by atoms with E-state index in [9.17, 15) is 4.79 Å². The van der Waals surface area contributed by atoms with E-state index in [1.807, 2.05) is 30.3 Å². The molecular weight excluding hydrogens is 294 g/mol. The first-order chi connectivity index (χ1) is 10.4. The molecule has 2 rings (SSSR count). The van der Waals surface area contributed by atoms with Gasteiger partial charge in [-0.2, -0.15) is 0 Å². The first kappa shape index (κ1) is 16.6. The molecule has 0 aliphatic heterocycles. The van der Waals surface area contributed by atoms with Crippen LogP contribution >= 0.6 is 11.3 Å². The van der Waals surface area contributed by atoms with Crippen LogP contribution in [0.1, 0.15) is 47.9 Å².